The van der Waals surface area contributed by atoms with E-state index in [4.69, 9.17) is 4.74 Å². The molecule has 2 unspecified atom stereocenters. The number of rotatable bonds is 6. The molecule has 0 aromatic heterocycles. The predicted molar refractivity (Wildman–Crippen MR) is 73.6 cm³/mol. The largest absolute Gasteiger partial charge is 0.372 e. The molecule has 1 heterocycles. The highest BCUT2D eigenvalue weighted by molar-refractivity contribution is 5.78. The summed E-state index contributed by atoms with van der Waals surface area (Å²) < 4.78 is 5.66. The Morgan fingerprint density at radius 2 is 1.89 bits per heavy atom. The lowest BCUT2D eigenvalue weighted by atomic mass is 10.2. The van der Waals surface area contributed by atoms with Gasteiger partial charge in [0.05, 0.1) is 18.8 Å². The van der Waals surface area contributed by atoms with Gasteiger partial charge >= 0.3 is 0 Å². The second-order valence-electron chi connectivity index (χ2n) is 5.28. The van der Waals surface area contributed by atoms with E-state index in [9.17, 15) is 4.79 Å². The van der Waals surface area contributed by atoms with Gasteiger partial charge in [0.2, 0.25) is 5.91 Å². The summed E-state index contributed by atoms with van der Waals surface area (Å²) in [6, 6.07) is 0. The molecular formula is C14H28N2O2. The number of ether oxygens (including phenoxy) is 1. The van der Waals surface area contributed by atoms with E-state index in [1.807, 2.05) is 18.7 Å². The summed E-state index contributed by atoms with van der Waals surface area (Å²) in [4.78, 5) is 16.4. The molecule has 0 aromatic rings. The number of morpholine rings is 1. The second kappa shape index (κ2) is 7.74. The molecule has 1 rings (SSSR count). The van der Waals surface area contributed by atoms with E-state index in [-0.39, 0.29) is 18.1 Å². The fraction of sp³-hybridized carbons (Fsp3) is 0.929. The molecule has 1 amide bonds. The van der Waals surface area contributed by atoms with Crippen molar-refractivity contribution in [3.8, 4) is 0 Å². The maximum atomic E-state index is 12.3. The van der Waals surface area contributed by atoms with E-state index in [1.165, 1.54) is 6.42 Å². The van der Waals surface area contributed by atoms with Gasteiger partial charge in [0.15, 0.2) is 0 Å². The Morgan fingerprint density at radius 3 is 2.39 bits per heavy atom. The van der Waals surface area contributed by atoms with Gasteiger partial charge in [0.1, 0.15) is 0 Å². The van der Waals surface area contributed by atoms with Crippen LogP contribution in [0.5, 0.6) is 0 Å². The Bertz CT molecular complexity index is 248. The Labute approximate surface area is 111 Å². The minimum absolute atomic E-state index is 0.156. The SMILES string of the molecule is CCCCN(CC)CC(=O)N1CC(C)OC(C)C1. The summed E-state index contributed by atoms with van der Waals surface area (Å²) in [5.74, 6) is 0.245. The van der Waals surface area contributed by atoms with E-state index >= 15 is 0 Å². The van der Waals surface area contributed by atoms with Crippen molar-refractivity contribution in [2.75, 3.05) is 32.7 Å². The first-order valence-electron chi connectivity index (χ1n) is 7.22. The first-order chi connectivity index (χ1) is 8.56. The van der Waals surface area contributed by atoms with Crippen molar-refractivity contribution in [2.45, 2.75) is 52.7 Å². The molecule has 0 spiro atoms. The van der Waals surface area contributed by atoms with Crippen molar-refractivity contribution in [3.05, 3.63) is 0 Å². The van der Waals surface area contributed by atoms with Crippen molar-refractivity contribution in [2.24, 2.45) is 0 Å². The van der Waals surface area contributed by atoms with Crippen LogP contribution in [-0.4, -0.2) is 60.6 Å². The van der Waals surface area contributed by atoms with Gasteiger partial charge in [-0.2, -0.15) is 0 Å². The lowest BCUT2D eigenvalue weighted by molar-refractivity contribution is -0.144. The molecule has 1 aliphatic heterocycles. The van der Waals surface area contributed by atoms with Crippen molar-refractivity contribution in [1.29, 1.82) is 0 Å². The summed E-state index contributed by atoms with van der Waals surface area (Å²) in [6.07, 6.45) is 2.65. The Balaban J connectivity index is 2.42. The minimum Gasteiger partial charge on any atom is -0.372 e. The van der Waals surface area contributed by atoms with Gasteiger partial charge in [-0.15, -0.1) is 0 Å². The summed E-state index contributed by atoms with van der Waals surface area (Å²) in [5.41, 5.74) is 0. The van der Waals surface area contributed by atoms with Gasteiger partial charge in [-0.3, -0.25) is 9.69 Å². The zero-order valence-corrected chi connectivity index (χ0v) is 12.3. The topological polar surface area (TPSA) is 32.8 Å². The number of nitrogens with zero attached hydrogens (tertiary/aromatic N) is 2. The van der Waals surface area contributed by atoms with Crippen molar-refractivity contribution >= 4 is 5.91 Å². The van der Waals surface area contributed by atoms with Crippen LogP contribution in [0.25, 0.3) is 0 Å². The highest BCUT2D eigenvalue weighted by atomic mass is 16.5. The van der Waals surface area contributed by atoms with E-state index in [0.717, 1.165) is 32.6 Å². The summed E-state index contributed by atoms with van der Waals surface area (Å²) in [7, 11) is 0. The molecule has 1 saturated heterocycles. The van der Waals surface area contributed by atoms with Crippen LogP contribution in [-0.2, 0) is 9.53 Å². The molecular weight excluding hydrogens is 228 g/mol. The maximum absolute atomic E-state index is 12.3. The predicted octanol–water partition coefficient (Wildman–Crippen LogP) is 1.74. The highest BCUT2D eigenvalue weighted by Gasteiger charge is 2.26. The van der Waals surface area contributed by atoms with E-state index < -0.39 is 0 Å². The molecule has 18 heavy (non-hydrogen) atoms. The van der Waals surface area contributed by atoms with Crippen molar-refractivity contribution in [1.82, 2.24) is 9.80 Å². The molecule has 2 atom stereocenters. The van der Waals surface area contributed by atoms with Gasteiger partial charge in [-0.05, 0) is 33.4 Å². The second-order valence-corrected chi connectivity index (χ2v) is 5.28. The monoisotopic (exact) mass is 256 g/mol. The van der Waals surface area contributed by atoms with E-state index in [0.29, 0.717) is 6.54 Å². The number of likely N-dealkylation sites (N-methyl/N-ethyl adjacent to an activating group) is 1. The Morgan fingerprint density at radius 1 is 1.28 bits per heavy atom. The molecule has 0 saturated carbocycles. The smallest absolute Gasteiger partial charge is 0.236 e. The van der Waals surface area contributed by atoms with Crippen molar-refractivity contribution in [3.63, 3.8) is 0 Å². The molecule has 0 bridgehead atoms. The first kappa shape index (κ1) is 15.4. The molecule has 0 N–H and O–H groups in total. The van der Waals surface area contributed by atoms with Crippen LogP contribution >= 0.6 is 0 Å². The van der Waals surface area contributed by atoms with Crippen molar-refractivity contribution < 1.29 is 9.53 Å². The summed E-state index contributed by atoms with van der Waals surface area (Å²) >= 11 is 0. The van der Waals surface area contributed by atoms with Crippen LogP contribution in [0.15, 0.2) is 0 Å². The molecule has 0 aliphatic carbocycles. The maximum Gasteiger partial charge on any atom is 0.236 e. The molecule has 1 fully saturated rings. The summed E-state index contributed by atoms with van der Waals surface area (Å²) in [6.45, 7) is 12.3. The number of carbonyl (C=O) groups is 1. The number of unbranched alkanes of at least 4 members (excludes halogenated alkanes) is 1. The van der Waals surface area contributed by atoms with Crippen LogP contribution in [0.1, 0.15) is 40.5 Å². The number of hydrogen-bond donors (Lipinski definition) is 0. The zero-order chi connectivity index (χ0) is 13.5. The van der Waals surface area contributed by atoms with Crippen LogP contribution in [0, 0.1) is 0 Å². The molecule has 0 aromatic carbocycles. The highest BCUT2D eigenvalue weighted by Crippen LogP contribution is 2.11. The van der Waals surface area contributed by atoms with Gasteiger partial charge in [0.25, 0.3) is 0 Å². The normalized spacial score (nSPS) is 24.6. The Hall–Kier alpha value is -0.610. The van der Waals surface area contributed by atoms with Crippen LogP contribution < -0.4 is 0 Å². The van der Waals surface area contributed by atoms with E-state index in [2.05, 4.69) is 18.7 Å². The summed E-state index contributed by atoms with van der Waals surface area (Å²) in [5, 5.41) is 0. The molecule has 4 nitrogen and oxygen atoms in total. The average Bonchev–Trinajstić information content (AvgIpc) is 2.32. The third-order valence-electron chi connectivity index (χ3n) is 3.41. The third-order valence-corrected chi connectivity index (χ3v) is 3.41. The van der Waals surface area contributed by atoms with Gasteiger partial charge < -0.3 is 9.64 Å². The molecule has 106 valence electrons. The average molecular weight is 256 g/mol. The molecule has 4 heteroatoms. The van der Waals surface area contributed by atoms with Crippen LogP contribution in [0.2, 0.25) is 0 Å². The number of carbonyl (C=O) groups excluding carboxylic acids is 1. The first-order valence-corrected chi connectivity index (χ1v) is 7.22. The standard InChI is InChI=1S/C14H28N2O2/c1-5-7-8-15(6-2)11-14(17)16-9-12(3)18-13(4)10-16/h12-13H,5-11H2,1-4H3. The fourth-order valence-corrected chi connectivity index (χ4v) is 2.40. The zero-order valence-electron chi connectivity index (χ0n) is 12.3. The van der Waals surface area contributed by atoms with Crippen LogP contribution in [0.4, 0.5) is 0 Å². The third kappa shape index (κ3) is 4.94. The number of amides is 1. The number of hydrogen-bond acceptors (Lipinski definition) is 3. The van der Waals surface area contributed by atoms with Gasteiger partial charge in [-0.25, -0.2) is 0 Å². The fourth-order valence-electron chi connectivity index (χ4n) is 2.40. The lowest BCUT2D eigenvalue weighted by Crippen LogP contribution is -2.51. The Kier molecular flexibility index (Phi) is 6.65. The lowest BCUT2D eigenvalue weighted by Gasteiger charge is -2.36. The molecule has 1 aliphatic rings. The van der Waals surface area contributed by atoms with E-state index in [1.54, 1.807) is 0 Å². The van der Waals surface area contributed by atoms with Gasteiger partial charge in [0, 0.05) is 13.1 Å². The van der Waals surface area contributed by atoms with Crippen LogP contribution in [0.3, 0.4) is 0 Å². The quantitative estimate of drug-likeness (QED) is 0.726. The molecule has 0 radical (unpaired) electrons. The van der Waals surface area contributed by atoms with Gasteiger partial charge in [-0.1, -0.05) is 20.3 Å². The minimum atomic E-state index is 0.156.